The number of rotatable bonds is 6. The van der Waals surface area contributed by atoms with Crippen molar-refractivity contribution in [2.45, 2.75) is 64.0 Å². The number of thiazole rings is 1. The van der Waals surface area contributed by atoms with Crippen molar-refractivity contribution in [2.24, 2.45) is 0 Å². The average molecular weight is 517 g/mol. The van der Waals surface area contributed by atoms with Gasteiger partial charge in [-0.25, -0.2) is 4.98 Å². The Kier molecular flexibility index (Phi) is 7.39. The first-order chi connectivity index (χ1) is 16.9. The van der Waals surface area contributed by atoms with Crippen molar-refractivity contribution in [1.82, 2.24) is 4.98 Å². The van der Waals surface area contributed by atoms with E-state index >= 15 is 0 Å². The van der Waals surface area contributed by atoms with Gasteiger partial charge in [0.25, 0.3) is 5.91 Å². The molecule has 0 saturated heterocycles. The molecule has 1 heterocycles. The topological polar surface area (TPSA) is 59.1 Å². The van der Waals surface area contributed by atoms with Gasteiger partial charge in [0.05, 0.1) is 10.2 Å². The van der Waals surface area contributed by atoms with E-state index in [-0.39, 0.29) is 17.1 Å². The summed E-state index contributed by atoms with van der Waals surface area (Å²) < 4.78 is 2.00. The Balaban J connectivity index is 1.49. The number of benzene rings is 3. The van der Waals surface area contributed by atoms with Crippen LogP contribution in [0.3, 0.4) is 0 Å². The van der Waals surface area contributed by atoms with Crippen molar-refractivity contribution in [3.8, 4) is 0 Å². The smallest absolute Gasteiger partial charge is 0.255 e. The lowest BCUT2D eigenvalue weighted by Crippen LogP contribution is -2.14. The molecule has 6 heteroatoms. The first kappa shape index (κ1) is 26.1. The fraction of sp³-hybridized carbons (Fsp3) is 0.300. The summed E-state index contributed by atoms with van der Waals surface area (Å²) in [5, 5.41) is 3.01. The highest BCUT2D eigenvalue weighted by Gasteiger charge is 2.17. The highest BCUT2D eigenvalue weighted by atomic mass is 32.2. The van der Waals surface area contributed by atoms with Crippen molar-refractivity contribution >= 4 is 50.7 Å². The monoisotopic (exact) mass is 516 g/mol. The summed E-state index contributed by atoms with van der Waals surface area (Å²) in [5.41, 5.74) is 8.87. The SMILES string of the molecule is CC(=O)c1c(C)cc(C)c(CSc2nc3ccc(NC(=O)c4ccc(C(C)(C)C)cc4)cc3s2)c1C. The molecule has 4 nitrogen and oxygen atoms in total. The van der Waals surface area contributed by atoms with E-state index in [1.54, 1.807) is 30.0 Å². The number of anilines is 1. The van der Waals surface area contributed by atoms with Gasteiger partial charge in [-0.2, -0.15) is 0 Å². The van der Waals surface area contributed by atoms with Gasteiger partial charge in [-0.15, -0.1) is 11.3 Å². The fourth-order valence-electron chi connectivity index (χ4n) is 4.49. The largest absolute Gasteiger partial charge is 0.322 e. The molecule has 0 aliphatic carbocycles. The molecule has 3 aromatic carbocycles. The van der Waals surface area contributed by atoms with Crippen LogP contribution in [0, 0.1) is 20.8 Å². The summed E-state index contributed by atoms with van der Waals surface area (Å²) in [6.07, 6.45) is 0. The molecule has 186 valence electrons. The zero-order chi connectivity index (χ0) is 26.2. The molecule has 0 spiro atoms. The lowest BCUT2D eigenvalue weighted by Gasteiger charge is -2.19. The average Bonchev–Trinajstić information content (AvgIpc) is 3.20. The molecule has 1 N–H and O–H groups in total. The Labute approximate surface area is 221 Å². The van der Waals surface area contributed by atoms with Crippen molar-refractivity contribution in [1.29, 1.82) is 0 Å². The lowest BCUT2D eigenvalue weighted by molar-refractivity contribution is 0.101. The summed E-state index contributed by atoms with van der Waals surface area (Å²) in [6.45, 7) is 14.2. The molecule has 1 amide bonds. The number of carbonyl (C=O) groups excluding carboxylic acids is 2. The van der Waals surface area contributed by atoms with Gasteiger partial charge in [0.15, 0.2) is 10.1 Å². The van der Waals surface area contributed by atoms with Crippen LogP contribution in [0.2, 0.25) is 0 Å². The highest BCUT2D eigenvalue weighted by molar-refractivity contribution is 8.00. The van der Waals surface area contributed by atoms with Gasteiger partial charge in [0, 0.05) is 22.6 Å². The Morgan fingerprint density at radius 3 is 2.31 bits per heavy atom. The third kappa shape index (κ3) is 5.55. The Bertz CT molecular complexity index is 1460. The number of thioether (sulfide) groups is 1. The molecule has 0 fully saturated rings. The normalized spacial score (nSPS) is 11.6. The maximum atomic E-state index is 12.8. The van der Waals surface area contributed by atoms with E-state index < -0.39 is 0 Å². The van der Waals surface area contributed by atoms with E-state index in [1.807, 2.05) is 56.3 Å². The van der Waals surface area contributed by atoms with Gasteiger partial charge in [0.1, 0.15) is 0 Å². The number of ketones is 1. The van der Waals surface area contributed by atoms with Crippen LogP contribution in [0.4, 0.5) is 5.69 Å². The second-order valence-corrected chi connectivity index (χ2v) is 12.5. The zero-order valence-corrected chi connectivity index (χ0v) is 23.5. The first-order valence-corrected chi connectivity index (χ1v) is 13.8. The summed E-state index contributed by atoms with van der Waals surface area (Å²) in [7, 11) is 0. The van der Waals surface area contributed by atoms with Crippen molar-refractivity contribution in [3.63, 3.8) is 0 Å². The van der Waals surface area contributed by atoms with E-state index in [0.29, 0.717) is 5.56 Å². The standard InChI is InChI=1S/C30H32N2O2S2/c1-17-14-18(2)27(20(4)33)19(3)24(17)16-35-29-32-25-13-12-23(15-26(25)36-29)31-28(34)21-8-10-22(11-9-21)30(5,6)7/h8-15H,16H2,1-7H3,(H,31,34). The number of Topliss-reactive ketones (excluding diaryl/α,β-unsaturated/α-hetero) is 1. The predicted octanol–water partition coefficient (Wildman–Crippen LogP) is 8.27. The molecule has 0 atom stereocenters. The number of amides is 1. The van der Waals surface area contributed by atoms with E-state index in [2.05, 4.69) is 39.1 Å². The molecule has 0 bridgehead atoms. The molecular formula is C30H32N2O2S2. The molecule has 36 heavy (non-hydrogen) atoms. The van der Waals surface area contributed by atoms with Crippen LogP contribution in [0.5, 0.6) is 0 Å². The van der Waals surface area contributed by atoms with Gasteiger partial charge >= 0.3 is 0 Å². The van der Waals surface area contributed by atoms with Gasteiger partial charge in [-0.1, -0.05) is 50.7 Å². The summed E-state index contributed by atoms with van der Waals surface area (Å²) in [5.74, 6) is 0.739. The minimum atomic E-state index is -0.125. The molecule has 4 rings (SSSR count). The maximum absolute atomic E-state index is 12.8. The number of hydrogen-bond acceptors (Lipinski definition) is 5. The van der Waals surface area contributed by atoms with E-state index in [4.69, 9.17) is 4.98 Å². The Morgan fingerprint density at radius 1 is 0.972 bits per heavy atom. The molecule has 0 radical (unpaired) electrons. The maximum Gasteiger partial charge on any atom is 0.255 e. The second kappa shape index (κ2) is 10.2. The molecule has 4 aromatic rings. The van der Waals surface area contributed by atoms with Gasteiger partial charge < -0.3 is 5.32 Å². The lowest BCUT2D eigenvalue weighted by atomic mass is 9.87. The van der Waals surface area contributed by atoms with Crippen molar-refractivity contribution in [3.05, 3.63) is 87.5 Å². The predicted molar refractivity (Wildman–Crippen MR) is 153 cm³/mol. The fourth-order valence-corrected chi connectivity index (χ4v) is 6.78. The van der Waals surface area contributed by atoms with Crippen molar-refractivity contribution < 1.29 is 9.59 Å². The van der Waals surface area contributed by atoms with Gasteiger partial charge in [-0.05, 0) is 91.3 Å². The van der Waals surface area contributed by atoms with Crippen LogP contribution in [-0.2, 0) is 11.2 Å². The molecule has 0 saturated carbocycles. The number of nitrogens with zero attached hydrogens (tertiary/aromatic N) is 1. The second-order valence-electron chi connectivity index (χ2n) is 10.3. The molecular weight excluding hydrogens is 484 g/mol. The van der Waals surface area contributed by atoms with E-state index in [9.17, 15) is 9.59 Å². The number of nitrogens with one attached hydrogen (secondary N) is 1. The number of fused-ring (bicyclic) bond motifs is 1. The van der Waals surface area contributed by atoms with Crippen LogP contribution < -0.4 is 5.32 Å². The van der Waals surface area contributed by atoms with E-state index in [0.717, 1.165) is 42.7 Å². The van der Waals surface area contributed by atoms with Crippen LogP contribution in [0.25, 0.3) is 10.2 Å². The van der Waals surface area contributed by atoms with Crippen LogP contribution in [0.1, 0.15) is 76.2 Å². The van der Waals surface area contributed by atoms with Gasteiger partial charge in [0.2, 0.25) is 0 Å². The van der Waals surface area contributed by atoms with Crippen LogP contribution in [-0.4, -0.2) is 16.7 Å². The van der Waals surface area contributed by atoms with Crippen LogP contribution >= 0.6 is 23.1 Å². The Hall–Kier alpha value is -2.96. The van der Waals surface area contributed by atoms with Gasteiger partial charge in [-0.3, -0.25) is 9.59 Å². The number of carbonyl (C=O) groups is 2. The number of aromatic nitrogens is 1. The molecule has 0 unspecified atom stereocenters. The molecule has 1 aromatic heterocycles. The zero-order valence-electron chi connectivity index (χ0n) is 21.9. The minimum Gasteiger partial charge on any atom is -0.322 e. The number of aryl methyl sites for hydroxylation is 2. The van der Waals surface area contributed by atoms with E-state index in [1.165, 1.54) is 16.7 Å². The number of hydrogen-bond donors (Lipinski definition) is 1. The third-order valence-electron chi connectivity index (χ3n) is 6.46. The summed E-state index contributed by atoms with van der Waals surface area (Å²) >= 11 is 3.30. The minimum absolute atomic E-state index is 0.0501. The quantitative estimate of drug-likeness (QED) is 0.207. The molecule has 0 aliphatic rings. The summed E-state index contributed by atoms with van der Waals surface area (Å²) in [6, 6.07) is 15.7. The first-order valence-electron chi connectivity index (χ1n) is 12.0. The third-order valence-corrected chi connectivity index (χ3v) is 8.65. The Morgan fingerprint density at radius 2 is 1.67 bits per heavy atom. The highest BCUT2D eigenvalue weighted by Crippen LogP contribution is 2.35. The van der Waals surface area contributed by atoms with Crippen molar-refractivity contribution in [2.75, 3.05) is 5.32 Å². The summed E-state index contributed by atoms with van der Waals surface area (Å²) in [4.78, 5) is 29.7. The van der Waals surface area contributed by atoms with Crippen LogP contribution in [0.15, 0.2) is 52.9 Å². The molecule has 0 aliphatic heterocycles.